The molecule has 2 amide bonds. The highest BCUT2D eigenvalue weighted by molar-refractivity contribution is 9.10. The molecule has 4 aromatic rings. The summed E-state index contributed by atoms with van der Waals surface area (Å²) in [5, 5.41) is 3.04. The van der Waals surface area contributed by atoms with Crippen molar-refractivity contribution >= 4 is 43.5 Å². The summed E-state index contributed by atoms with van der Waals surface area (Å²) in [5.74, 6) is 0.351. The van der Waals surface area contributed by atoms with E-state index in [0.29, 0.717) is 17.2 Å². The van der Waals surface area contributed by atoms with Crippen molar-refractivity contribution in [3.05, 3.63) is 125 Å². The summed E-state index contributed by atoms with van der Waals surface area (Å²) < 4.78 is 33.9. The lowest BCUT2D eigenvalue weighted by Gasteiger charge is -2.34. The standard InChI is InChI=1S/C35H38BrN3O5S/c1-4-26(2)37-35(41)33(23-27-12-7-5-8-13-27)38(24-28-14-11-15-29(36)22-28)34(40)25-39(45(3,42)43)30-18-20-32(21-19-30)44-31-16-9-6-10-17-31/h5-22,26,33H,4,23-25H2,1-3H3,(H,37,41)/t26-,33-/m1/s1. The van der Waals surface area contributed by atoms with Gasteiger partial charge in [-0.1, -0.05) is 83.5 Å². The third-order valence-electron chi connectivity index (χ3n) is 7.30. The first-order valence-corrected chi connectivity index (χ1v) is 17.4. The van der Waals surface area contributed by atoms with Crippen molar-refractivity contribution in [2.24, 2.45) is 0 Å². The van der Waals surface area contributed by atoms with E-state index in [1.807, 2.05) is 98.8 Å². The molecule has 0 aromatic heterocycles. The highest BCUT2D eigenvalue weighted by atomic mass is 79.9. The van der Waals surface area contributed by atoms with Crippen LogP contribution in [0.25, 0.3) is 0 Å². The maximum absolute atomic E-state index is 14.3. The van der Waals surface area contributed by atoms with Crippen molar-refractivity contribution in [1.29, 1.82) is 0 Å². The summed E-state index contributed by atoms with van der Waals surface area (Å²) in [7, 11) is -3.89. The van der Waals surface area contributed by atoms with Gasteiger partial charge in [-0.05, 0) is 73.0 Å². The molecule has 0 aliphatic carbocycles. The lowest BCUT2D eigenvalue weighted by Crippen LogP contribution is -2.54. The van der Waals surface area contributed by atoms with E-state index < -0.39 is 28.5 Å². The number of nitrogens with one attached hydrogen (secondary N) is 1. The van der Waals surface area contributed by atoms with E-state index in [0.717, 1.165) is 32.6 Å². The second-order valence-electron chi connectivity index (χ2n) is 10.9. The van der Waals surface area contributed by atoms with E-state index in [1.54, 1.807) is 24.3 Å². The van der Waals surface area contributed by atoms with Gasteiger partial charge in [-0.25, -0.2) is 8.42 Å². The smallest absolute Gasteiger partial charge is 0.244 e. The Kier molecular flexibility index (Phi) is 11.8. The minimum Gasteiger partial charge on any atom is -0.457 e. The van der Waals surface area contributed by atoms with Gasteiger partial charge in [0.1, 0.15) is 24.1 Å². The van der Waals surface area contributed by atoms with Gasteiger partial charge in [0.2, 0.25) is 21.8 Å². The predicted octanol–water partition coefficient (Wildman–Crippen LogP) is 6.56. The largest absolute Gasteiger partial charge is 0.457 e. The Morgan fingerprint density at radius 1 is 0.844 bits per heavy atom. The predicted molar refractivity (Wildman–Crippen MR) is 182 cm³/mol. The van der Waals surface area contributed by atoms with E-state index >= 15 is 0 Å². The molecule has 0 heterocycles. The monoisotopic (exact) mass is 691 g/mol. The lowest BCUT2D eigenvalue weighted by molar-refractivity contribution is -0.140. The summed E-state index contributed by atoms with van der Waals surface area (Å²) in [6.07, 6.45) is 2.03. The second kappa shape index (κ2) is 15.7. The number of amides is 2. The number of sulfonamides is 1. The SMILES string of the molecule is CC[C@@H](C)NC(=O)[C@@H](Cc1ccccc1)N(Cc1cccc(Br)c1)C(=O)CN(c1ccc(Oc2ccccc2)cc1)S(C)(=O)=O. The first-order chi connectivity index (χ1) is 21.5. The van der Waals surface area contributed by atoms with Crippen LogP contribution in [0.1, 0.15) is 31.4 Å². The van der Waals surface area contributed by atoms with E-state index in [1.165, 1.54) is 4.90 Å². The quantitative estimate of drug-likeness (QED) is 0.162. The molecular formula is C35H38BrN3O5S. The first kappa shape index (κ1) is 33.7. The number of benzene rings is 4. The molecule has 8 nitrogen and oxygen atoms in total. The topological polar surface area (TPSA) is 96.0 Å². The van der Waals surface area contributed by atoms with E-state index in [4.69, 9.17) is 4.74 Å². The minimum absolute atomic E-state index is 0.102. The van der Waals surface area contributed by atoms with Gasteiger partial charge < -0.3 is 15.0 Å². The molecule has 0 aliphatic rings. The van der Waals surface area contributed by atoms with Crippen molar-refractivity contribution in [3.63, 3.8) is 0 Å². The third-order valence-corrected chi connectivity index (χ3v) is 8.93. The van der Waals surface area contributed by atoms with Crippen molar-refractivity contribution in [3.8, 4) is 11.5 Å². The Morgan fingerprint density at radius 2 is 1.44 bits per heavy atom. The normalized spacial score (nSPS) is 12.5. The van der Waals surface area contributed by atoms with Crippen LogP contribution in [0.3, 0.4) is 0 Å². The summed E-state index contributed by atoms with van der Waals surface area (Å²) in [4.78, 5) is 29.5. The maximum Gasteiger partial charge on any atom is 0.244 e. The number of halogens is 1. The zero-order valence-corrected chi connectivity index (χ0v) is 28.0. The number of nitrogens with zero attached hydrogens (tertiary/aromatic N) is 2. The van der Waals surface area contributed by atoms with E-state index in [-0.39, 0.29) is 24.9 Å². The Labute approximate surface area is 274 Å². The number of rotatable bonds is 14. The van der Waals surface area contributed by atoms with Crippen molar-refractivity contribution in [2.45, 2.75) is 45.3 Å². The van der Waals surface area contributed by atoms with Gasteiger partial charge in [0.25, 0.3) is 0 Å². The lowest BCUT2D eigenvalue weighted by atomic mass is 10.0. The first-order valence-electron chi connectivity index (χ1n) is 14.7. The van der Waals surface area contributed by atoms with Gasteiger partial charge in [-0.15, -0.1) is 0 Å². The van der Waals surface area contributed by atoms with Crippen molar-refractivity contribution in [2.75, 3.05) is 17.1 Å². The molecule has 0 spiro atoms. The van der Waals surface area contributed by atoms with Gasteiger partial charge >= 0.3 is 0 Å². The Morgan fingerprint density at radius 3 is 2.04 bits per heavy atom. The molecule has 0 bridgehead atoms. The van der Waals surface area contributed by atoms with Gasteiger partial charge in [0, 0.05) is 23.5 Å². The Hall–Kier alpha value is -4.15. The molecule has 0 radical (unpaired) electrons. The zero-order chi connectivity index (χ0) is 32.4. The van der Waals surface area contributed by atoms with Crippen LogP contribution in [-0.4, -0.2) is 50.0 Å². The fourth-order valence-corrected chi connectivity index (χ4v) is 6.04. The van der Waals surface area contributed by atoms with Crippen LogP contribution in [-0.2, 0) is 32.6 Å². The number of hydrogen-bond donors (Lipinski definition) is 1. The molecule has 236 valence electrons. The highest BCUT2D eigenvalue weighted by Gasteiger charge is 2.33. The molecule has 0 unspecified atom stereocenters. The number of ether oxygens (including phenoxy) is 1. The molecule has 0 saturated heterocycles. The summed E-state index contributed by atoms with van der Waals surface area (Å²) in [6, 6.07) is 31.7. The molecule has 45 heavy (non-hydrogen) atoms. The molecule has 0 saturated carbocycles. The Balaban J connectivity index is 1.68. The van der Waals surface area contributed by atoms with Gasteiger partial charge in [-0.3, -0.25) is 13.9 Å². The molecule has 0 fully saturated rings. The van der Waals surface area contributed by atoms with Crippen molar-refractivity contribution in [1.82, 2.24) is 10.2 Å². The third kappa shape index (κ3) is 9.92. The van der Waals surface area contributed by atoms with Crippen LogP contribution in [0, 0.1) is 0 Å². The van der Waals surface area contributed by atoms with Crippen LogP contribution in [0.15, 0.2) is 114 Å². The van der Waals surface area contributed by atoms with Gasteiger partial charge in [0.05, 0.1) is 11.9 Å². The van der Waals surface area contributed by atoms with Crippen LogP contribution in [0.4, 0.5) is 5.69 Å². The van der Waals surface area contributed by atoms with Crippen LogP contribution in [0.5, 0.6) is 11.5 Å². The maximum atomic E-state index is 14.3. The molecule has 4 aromatic carbocycles. The second-order valence-corrected chi connectivity index (χ2v) is 13.7. The van der Waals surface area contributed by atoms with Crippen LogP contribution < -0.4 is 14.4 Å². The number of hydrogen-bond acceptors (Lipinski definition) is 5. The van der Waals surface area contributed by atoms with Crippen molar-refractivity contribution < 1.29 is 22.7 Å². The molecule has 0 aliphatic heterocycles. The fraction of sp³-hybridized carbons (Fsp3) is 0.257. The van der Waals surface area contributed by atoms with E-state index in [9.17, 15) is 18.0 Å². The number of anilines is 1. The summed E-state index contributed by atoms with van der Waals surface area (Å²) in [6.45, 7) is 3.50. The number of carbonyl (C=O) groups excluding carboxylic acids is 2. The molecule has 2 atom stereocenters. The highest BCUT2D eigenvalue weighted by Crippen LogP contribution is 2.26. The molecule has 1 N–H and O–H groups in total. The van der Waals surface area contributed by atoms with Gasteiger partial charge in [0.15, 0.2) is 0 Å². The number of para-hydroxylation sites is 1. The van der Waals surface area contributed by atoms with Gasteiger partial charge in [-0.2, -0.15) is 0 Å². The average Bonchev–Trinajstić information content (AvgIpc) is 3.02. The molecular weight excluding hydrogens is 654 g/mol. The molecule has 4 rings (SSSR count). The zero-order valence-electron chi connectivity index (χ0n) is 25.6. The van der Waals surface area contributed by atoms with Crippen LogP contribution in [0.2, 0.25) is 0 Å². The van der Waals surface area contributed by atoms with Crippen LogP contribution >= 0.6 is 15.9 Å². The van der Waals surface area contributed by atoms with E-state index in [2.05, 4.69) is 21.2 Å². The fourth-order valence-electron chi connectivity index (χ4n) is 4.75. The average molecular weight is 693 g/mol. The number of carbonyl (C=O) groups is 2. The molecule has 10 heteroatoms. The summed E-state index contributed by atoms with van der Waals surface area (Å²) in [5.41, 5.74) is 1.97. The summed E-state index contributed by atoms with van der Waals surface area (Å²) >= 11 is 3.49. The Bertz CT molecular complexity index is 1670. The minimum atomic E-state index is -3.89.